The normalized spacial score (nSPS) is 11.2. The zero-order valence-corrected chi connectivity index (χ0v) is 11.6. The van der Waals surface area contributed by atoms with E-state index >= 15 is 0 Å². The Kier molecular flexibility index (Phi) is 7.61. The fraction of sp³-hybridized carbons (Fsp3) is 0.800. The maximum absolute atomic E-state index is 10.9. The van der Waals surface area contributed by atoms with E-state index in [0.29, 0.717) is 0 Å². The van der Waals surface area contributed by atoms with Gasteiger partial charge in [-0.1, -0.05) is 0 Å². The van der Waals surface area contributed by atoms with Crippen LogP contribution >= 0.6 is 0 Å². The molecule has 0 aliphatic heterocycles. The summed E-state index contributed by atoms with van der Waals surface area (Å²) >= 11 is -2.90. The molecule has 3 heteroatoms. The van der Waals surface area contributed by atoms with Crippen LogP contribution in [0.5, 0.6) is 0 Å². The third kappa shape index (κ3) is 4.79. The van der Waals surface area contributed by atoms with Gasteiger partial charge in [0, 0.05) is 0 Å². The molecular weight excluding hydrogens is 271 g/mol. The first-order chi connectivity index (χ1) is 6.24. The van der Waals surface area contributed by atoms with Crippen LogP contribution in [0, 0.1) is 0 Å². The Bertz CT molecular complexity index is 139. The van der Waals surface area contributed by atoms with Crippen LogP contribution in [-0.4, -0.2) is 27.0 Å². The summed E-state index contributed by atoms with van der Waals surface area (Å²) < 4.78 is 3.95. The third-order valence-corrected chi connectivity index (χ3v) is 12.5. The van der Waals surface area contributed by atoms with Crippen molar-refractivity contribution in [1.29, 1.82) is 0 Å². The van der Waals surface area contributed by atoms with E-state index in [1.54, 1.807) is 0 Å². The molecule has 0 rings (SSSR count). The molecule has 0 saturated heterocycles. The molecule has 0 spiro atoms. The average Bonchev–Trinajstić information content (AvgIpc) is 2.20. The van der Waals surface area contributed by atoms with E-state index in [-0.39, 0.29) is 0 Å². The fourth-order valence-electron chi connectivity index (χ4n) is 1.40. The topological polar surface area (TPSA) is 34.1 Å². The first-order valence-corrected chi connectivity index (χ1v) is 12.5. The van der Waals surface area contributed by atoms with Gasteiger partial charge < -0.3 is 0 Å². The van der Waals surface area contributed by atoms with Gasteiger partial charge in [0.1, 0.15) is 0 Å². The van der Waals surface area contributed by atoms with Gasteiger partial charge in [0.25, 0.3) is 0 Å². The van der Waals surface area contributed by atoms with Crippen LogP contribution in [0.3, 0.4) is 0 Å². The van der Waals surface area contributed by atoms with Gasteiger partial charge in [-0.3, -0.25) is 0 Å². The molecule has 0 aliphatic carbocycles. The standard InChI is InChI=1S/2C4H9.2CHO.Sn/c2*1-3-4-2;2*1-2;/h2*1,3-4H2,2H3;2*1H;. The van der Waals surface area contributed by atoms with Gasteiger partial charge in [0.05, 0.1) is 0 Å². The molecule has 13 heavy (non-hydrogen) atoms. The van der Waals surface area contributed by atoms with Crippen LogP contribution in [0.25, 0.3) is 0 Å². The summed E-state index contributed by atoms with van der Waals surface area (Å²) in [7, 11) is 0. The average molecular weight is 291 g/mol. The Morgan fingerprint density at radius 2 is 1.31 bits per heavy atom. The van der Waals surface area contributed by atoms with E-state index in [9.17, 15) is 9.59 Å². The second-order valence-electron chi connectivity index (χ2n) is 3.68. The van der Waals surface area contributed by atoms with E-state index in [1.807, 2.05) is 0 Å². The summed E-state index contributed by atoms with van der Waals surface area (Å²) in [6.07, 6.45) is 4.29. The Morgan fingerprint density at radius 1 is 0.923 bits per heavy atom. The molecule has 0 aromatic rings. The number of hydrogen-bond donors (Lipinski definition) is 0. The summed E-state index contributed by atoms with van der Waals surface area (Å²) in [6.45, 7) is 4.21. The second-order valence-corrected chi connectivity index (χ2v) is 14.9. The third-order valence-electron chi connectivity index (χ3n) is 2.46. The number of unbranched alkanes of at least 4 members (excludes halogenated alkanes) is 2. The fourth-order valence-corrected chi connectivity index (χ4v) is 9.39. The molecule has 0 unspecified atom stereocenters. The van der Waals surface area contributed by atoms with Crippen molar-refractivity contribution >= 4 is 27.0 Å². The van der Waals surface area contributed by atoms with E-state index in [0.717, 1.165) is 43.2 Å². The van der Waals surface area contributed by atoms with Gasteiger partial charge in [-0.25, -0.2) is 0 Å². The molecule has 0 aliphatic rings. The molecule has 0 N–H and O–H groups in total. The molecule has 0 bridgehead atoms. The van der Waals surface area contributed by atoms with Crippen molar-refractivity contribution in [2.24, 2.45) is 0 Å². The van der Waals surface area contributed by atoms with Crippen molar-refractivity contribution in [2.75, 3.05) is 0 Å². The molecule has 0 atom stereocenters. The van der Waals surface area contributed by atoms with Crippen molar-refractivity contribution in [1.82, 2.24) is 0 Å². The second kappa shape index (κ2) is 7.53. The first-order valence-electron chi connectivity index (χ1n) is 5.17. The number of hydrogen-bond acceptors (Lipinski definition) is 2. The number of carbonyl (C=O) groups is 2. The van der Waals surface area contributed by atoms with Crippen molar-refractivity contribution in [3.63, 3.8) is 0 Å². The van der Waals surface area contributed by atoms with Crippen LogP contribution in [0.4, 0.5) is 0 Å². The summed E-state index contributed by atoms with van der Waals surface area (Å²) in [5.41, 5.74) is 0. The van der Waals surface area contributed by atoms with Gasteiger partial charge in [-0.15, -0.1) is 0 Å². The van der Waals surface area contributed by atoms with Gasteiger partial charge in [0.15, 0.2) is 0 Å². The Morgan fingerprint density at radius 3 is 1.54 bits per heavy atom. The van der Waals surface area contributed by atoms with E-state index in [2.05, 4.69) is 13.8 Å². The van der Waals surface area contributed by atoms with Crippen LogP contribution in [0.2, 0.25) is 8.87 Å². The molecule has 0 aromatic heterocycles. The van der Waals surface area contributed by atoms with Crippen LogP contribution in [-0.2, 0) is 9.59 Å². The minimum atomic E-state index is -2.90. The monoisotopic (exact) mass is 292 g/mol. The number of rotatable bonds is 8. The molecule has 0 amide bonds. The molecule has 0 saturated carbocycles. The Labute approximate surface area is 85.0 Å². The zero-order valence-electron chi connectivity index (χ0n) is 8.71. The Hall–Kier alpha value is 0.139. The van der Waals surface area contributed by atoms with Gasteiger partial charge in [0.2, 0.25) is 0 Å². The molecule has 0 fully saturated rings. The number of carbonyl (C=O) groups excluding carboxylic acids is 2. The van der Waals surface area contributed by atoms with Crippen LogP contribution in [0.1, 0.15) is 39.5 Å². The van der Waals surface area contributed by atoms with Crippen molar-refractivity contribution in [3.8, 4) is 0 Å². The van der Waals surface area contributed by atoms with Crippen molar-refractivity contribution < 1.29 is 9.59 Å². The van der Waals surface area contributed by atoms with E-state index in [4.69, 9.17) is 0 Å². The van der Waals surface area contributed by atoms with Gasteiger partial charge in [-0.2, -0.15) is 0 Å². The summed E-state index contributed by atoms with van der Waals surface area (Å²) in [6, 6.07) is 0. The minimum absolute atomic E-state index is 0.929. The van der Waals surface area contributed by atoms with Crippen LogP contribution in [0.15, 0.2) is 0 Å². The maximum atomic E-state index is 10.9. The van der Waals surface area contributed by atoms with Gasteiger partial charge >= 0.3 is 85.0 Å². The van der Waals surface area contributed by atoms with Crippen molar-refractivity contribution in [2.45, 2.75) is 48.4 Å². The quantitative estimate of drug-likeness (QED) is 0.509. The van der Waals surface area contributed by atoms with E-state index in [1.165, 1.54) is 0 Å². The molecule has 2 nitrogen and oxygen atoms in total. The molecule has 76 valence electrons. The first kappa shape index (κ1) is 13.1. The molecular formula is C10H20O2Sn. The van der Waals surface area contributed by atoms with E-state index < -0.39 is 18.4 Å². The van der Waals surface area contributed by atoms with Gasteiger partial charge in [-0.05, 0) is 0 Å². The molecule has 0 heterocycles. The molecule has 0 aromatic carbocycles. The predicted molar refractivity (Wildman–Crippen MR) is 58.7 cm³/mol. The predicted octanol–water partition coefficient (Wildman–Crippen LogP) is 2.58. The Balaban J connectivity index is 4.13. The van der Waals surface area contributed by atoms with Crippen molar-refractivity contribution in [3.05, 3.63) is 0 Å². The summed E-state index contributed by atoms with van der Waals surface area (Å²) in [4.78, 5) is 21.9. The summed E-state index contributed by atoms with van der Waals surface area (Å²) in [5.74, 6) is 0. The van der Waals surface area contributed by atoms with Crippen LogP contribution < -0.4 is 0 Å². The zero-order chi connectivity index (χ0) is 10.2. The SMILES string of the molecule is CCC[CH2][Sn]([CH]=O)([CH]=O)[CH2]CCC. The summed E-state index contributed by atoms with van der Waals surface area (Å²) in [5, 5.41) is 0. The molecule has 0 radical (unpaired) electrons.